The Kier molecular flexibility index (Phi) is 5.95. The first-order chi connectivity index (χ1) is 11.5. The molecule has 1 aliphatic rings. The molecule has 6 heteroatoms. The van der Waals surface area contributed by atoms with E-state index in [2.05, 4.69) is 30.5 Å². The smallest absolute Gasteiger partial charge is 0.329 e. The predicted octanol–water partition coefficient (Wildman–Crippen LogP) is 3.29. The minimum Gasteiger partial charge on any atom is -0.388 e. The van der Waals surface area contributed by atoms with E-state index in [1.54, 1.807) is 0 Å². The molecule has 1 atom stereocenters. The molecule has 1 fully saturated rings. The predicted molar refractivity (Wildman–Crippen MR) is 95.6 cm³/mol. The lowest BCUT2D eigenvalue weighted by Gasteiger charge is -2.28. The third-order valence-corrected chi connectivity index (χ3v) is 4.49. The fourth-order valence-electron chi connectivity index (χ4n) is 3.11. The van der Waals surface area contributed by atoms with Gasteiger partial charge in [0.2, 0.25) is 5.91 Å². The first kappa shape index (κ1) is 18.0. The number of hydrogen-bond acceptors (Lipinski definition) is 4. The second-order valence-corrected chi connectivity index (χ2v) is 6.05. The molecule has 0 radical (unpaired) electrons. The number of rotatable bonds is 6. The monoisotopic (exact) mass is 330 g/mol. The van der Waals surface area contributed by atoms with Crippen LogP contribution in [0.5, 0.6) is 0 Å². The van der Waals surface area contributed by atoms with E-state index in [0.717, 1.165) is 24.9 Å². The number of urea groups is 1. The first-order valence-corrected chi connectivity index (χ1v) is 8.53. The molecule has 24 heavy (non-hydrogen) atoms. The van der Waals surface area contributed by atoms with E-state index >= 15 is 0 Å². The molecule has 1 heterocycles. The standard InChI is InChI=1S/C18H26N4O2/c1-4-6-12(5-2)13-7-8-14(15(11-13)20-3)17(19)22-10-9-16(23)21-18(22)24/h7-8,11-12,19-20H,4-6,9-10H2,1-3H3,(H,21,23,24). The molecule has 2 rings (SSSR count). The van der Waals surface area contributed by atoms with Gasteiger partial charge in [-0.1, -0.05) is 26.3 Å². The molecule has 0 bridgehead atoms. The van der Waals surface area contributed by atoms with Gasteiger partial charge in [0.25, 0.3) is 0 Å². The number of imide groups is 1. The highest BCUT2D eigenvalue weighted by molar-refractivity contribution is 6.12. The van der Waals surface area contributed by atoms with Gasteiger partial charge in [0, 0.05) is 31.3 Å². The van der Waals surface area contributed by atoms with E-state index in [1.807, 2.05) is 19.2 Å². The Labute approximate surface area is 143 Å². The van der Waals surface area contributed by atoms with Crippen LogP contribution in [0.25, 0.3) is 0 Å². The number of amides is 3. The van der Waals surface area contributed by atoms with E-state index in [1.165, 1.54) is 10.5 Å². The third kappa shape index (κ3) is 3.75. The van der Waals surface area contributed by atoms with Crippen molar-refractivity contribution >= 4 is 23.5 Å². The lowest BCUT2D eigenvalue weighted by Crippen LogP contribution is -2.52. The van der Waals surface area contributed by atoms with Gasteiger partial charge in [-0.3, -0.25) is 20.4 Å². The molecule has 0 spiro atoms. The molecular formula is C18H26N4O2. The number of nitrogens with zero attached hydrogens (tertiary/aromatic N) is 1. The second kappa shape index (κ2) is 7.95. The Bertz CT molecular complexity index is 642. The van der Waals surface area contributed by atoms with E-state index in [9.17, 15) is 9.59 Å². The van der Waals surface area contributed by atoms with Gasteiger partial charge in [-0.2, -0.15) is 0 Å². The number of carbonyl (C=O) groups excluding carboxylic acids is 2. The third-order valence-electron chi connectivity index (χ3n) is 4.49. The average molecular weight is 330 g/mol. The van der Waals surface area contributed by atoms with Crippen molar-refractivity contribution < 1.29 is 9.59 Å². The van der Waals surface area contributed by atoms with E-state index < -0.39 is 6.03 Å². The van der Waals surface area contributed by atoms with Gasteiger partial charge in [-0.15, -0.1) is 0 Å². The fraction of sp³-hybridized carbons (Fsp3) is 0.500. The summed E-state index contributed by atoms with van der Waals surface area (Å²) < 4.78 is 0. The zero-order valence-electron chi connectivity index (χ0n) is 14.6. The maximum absolute atomic E-state index is 12.0. The number of anilines is 1. The van der Waals surface area contributed by atoms with Crippen molar-refractivity contribution in [3.05, 3.63) is 29.3 Å². The van der Waals surface area contributed by atoms with E-state index in [-0.39, 0.29) is 24.7 Å². The van der Waals surface area contributed by atoms with Gasteiger partial charge in [-0.05, 0) is 36.5 Å². The Morgan fingerprint density at radius 2 is 2.12 bits per heavy atom. The topological polar surface area (TPSA) is 85.3 Å². The highest BCUT2D eigenvalue weighted by Gasteiger charge is 2.28. The minimum absolute atomic E-state index is 0.111. The highest BCUT2D eigenvalue weighted by atomic mass is 16.2. The molecule has 130 valence electrons. The molecule has 1 aliphatic heterocycles. The Hall–Kier alpha value is -2.37. The summed E-state index contributed by atoms with van der Waals surface area (Å²) in [6.45, 7) is 4.61. The maximum atomic E-state index is 12.0. The van der Waals surface area contributed by atoms with Crippen molar-refractivity contribution in [2.45, 2.75) is 45.4 Å². The van der Waals surface area contributed by atoms with Crippen molar-refractivity contribution in [3.63, 3.8) is 0 Å². The minimum atomic E-state index is -0.528. The Morgan fingerprint density at radius 3 is 2.71 bits per heavy atom. The van der Waals surface area contributed by atoms with Crippen LogP contribution < -0.4 is 10.6 Å². The summed E-state index contributed by atoms with van der Waals surface area (Å²) in [5.74, 6) is 0.319. The molecule has 1 aromatic carbocycles. The van der Waals surface area contributed by atoms with Gasteiger partial charge < -0.3 is 5.32 Å². The van der Waals surface area contributed by atoms with Gasteiger partial charge >= 0.3 is 6.03 Å². The van der Waals surface area contributed by atoms with E-state index in [0.29, 0.717) is 11.5 Å². The molecule has 3 amide bonds. The molecule has 0 aromatic heterocycles. The van der Waals surface area contributed by atoms with Crippen LogP contribution in [0.3, 0.4) is 0 Å². The first-order valence-electron chi connectivity index (χ1n) is 8.53. The van der Waals surface area contributed by atoms with Gasteiger partial charge in [-0.25, -0.2) is 4.79 Å². The summed E-state index contributed by atoms with van der Waals surface area (Å²) in [5, 5.41) is 13.8. The normalized spacial score (nSPS) is 15.9. The van der Waals surface area contributed by atoms with Gasteiger partial charge in [0.15, 0.2) is 0 Å². The highest BCUT2D eigenvalue weighted by Crippen LogP contribution is 2.29. The average Bonchev–Trinajstić information content (AvgIpc) is 2.58. The molecule has 1 saturated heterocycles. The van der Waals surface area contributed by atoms with E-state index in [4.69, 9.17) is 5.41 Å². The van der Waals surface area contributed by atoms with Crippen LogP contribution in [0.1, 0.15) is 56.6 Å². The van der Waals surface area contributed by atoms with Crippen molar-refractivity contribution in [1.82, 2.24) is 10.2 Å². The van der Waals surface area contributed by atoms with Crippen LogP contribution in [0.2, 0.25) is 0 Å². The molecule has 0 saturated carbocycles. The number of benzene rings is 1. The number of carbonyl (C=O) groups is 2. The van der Waals surface area contributed by atoms with Crippen LogP contribution in [-0.2, 0) is 4.79 Å². The molecule has 0 aliphatic carbocycles. The quantitative estimate of drug-likeness (QED) is 0.552. The molecular weight excluding hydrogens is 304 g/mol. The Morgan fingerprint density at radius 1 is 1.38 bits per heavy atom. The van der Waals surface area contributed by atoms with Crippen molar-refractivity contribution in [2.75, 3.05) is 18.9 Å². The molecule has 3 N–H and O–H groups in total. The molecule has 1 unspecified atom stereocenters. The molecule has 6 nitrogen and oxygen atoms in total. The summed E-state index contributed by atoms with van der Waals surface area (Å²) in [4.78, 5) is 24.5. The van der Waals surface area contributed by atoms with Crippen LogP contribution in [0.4, 0.5) is 10.5 Å². The Balaban J connectivity index is 2.28. The second-order valence-electron chi connectivity index (χ2n) is 6.05. The maximum Gasteiger partial charge on any atom is 0.329 e. The lowest BCUT2D eigenvalue weighted by atomic mass is 9.90. The number of hydrogen-bond donors (Lipinski definition) is 3. The zero-order valence-corrected chi connectivity index (χ0v) is 14.6. The van der Waals surface area contributed by atoms with Gasteiger partial charge in [0.1, 0.15) is 5.84 Å². The SMILES string of the molecule is CCCC(CC)c1ccc(C(=N)N2CCC(=O)NC2=O)c(NC)c1. The summed E-state index contributed by atoms with van der Waals surface area (Å²) in [7, 11) is 1.82. The summed E-state index contributed by atoms with van der Waals surface area (Å²) in [6.07, 6.45) is 3.56. The lowest BCUT2D eigenvalue weighted by molar-refractivity contribution is -0.121. The van der Waals surface area contributed by atoms with Crippen LogP contribution in [-0.4, -0.2) is 36.3 Å². The van der Waals surface area contributed by atoms with Crippen LogP contribution >= 0.6 is 0 Å². The summed E-state index contributed by atoms with van der Waals surface area (Å²) in [6, 6.07) is 5.48. The zero-order chi connectivity index (χ0) is 17.7. The molecule has 1 aromatic rings. The van der Waals surface area contributed by atoms with Crippen LogP contribution in [0, 0.1) is 5.41 Å². The summed E-state index contributed by atoms with van der Waals surface area (Å²) in [5.41, 5.74) is 2.74. The number of amidine groups is 1. The largest absolute Gasteiger partial charge is 0.388 e. The summed E-state index contributed by atoms with van der Waals surface area (Å²) >= 11 is 0. The van der Waals surface area contributed by atoms with Gasteiger partial charge in [0.05, 0.1) is 0 Å². The van der Waals surface area contributed by atoms with Crippen molar-refractivity contribution in [1.29, 1.82) is 5.41 Å². The van der Waals surface area contributed by atoms with Crippen LogP contribution in [0.15, 0.2) is 18.2 Å². The van der Waals surface area contributed by atoms with Crippen molar-refractivity contribution in [3.8, 4) is 0 Å². The fourth-order valence-corrected chi connectivity index (χ4v) is 3.11. The van der Waals surface area contributed by atoms with Crippen molar-refractivity contribution in [2.24, 2.45) is 0 Å². The number of nitrogens with one attached hydrogen (secondary N) is 3.